The highest BCUT2D eigenvalue weighted by molar-refractivity contribution is 6.06. The summed E-state index contributed by atoms with van der Waals surface area (Å²) in [6, 6.07) is 15.8. The molecule has 150 valence electrons. The van der Waals surface area contributed by atoms with E-state index in [0.717, 1.165) is 23.6 Å². The number of nitrogens with one attached hydrogen (secondary N) is 1. The highest BCUT2D eigenvalue weighted by atomic mass is 16.3. The number of carbonyl (C=O) groups is 1. The van der Waals surface area contributed by atoms with E-state index < -0.39 is 5.78 Å². The molecule has 4 aromatic rings. The van der Waals surface area contributed by atoms with Crippen molar-refractivity contribution in [1.29, 1.82) is 0 Å². The van der Waals surface area contributed by atoms with E-state index in [1.54, 1.807) is 12.4 Å². The van der Waals surface area contributed by atoms with Crippen LogP contribution < -0.4 is 0 Å². The van der Waals surface area contributed by atoms with E-state index in [0.29, 0.717) is 18.6 Å². The van der Waals surface area contributed by atoms with Gasteiger partial charge in [0.1, 0.15) is 12.1 Å². The van der Waals surface area contributed by atoms with Crippen molar-refractivity contribution in [3.8, 4) is 0 Å². The predicted octanol–water partition coefficient (Wildman–Crippen LogP) is 3.95. The molecule has 0 spiro atoms. The first-order valence-corrected chi connectivity index (χ1v) is 9.54. The zero-order valence-electron chi connectivity index (χ0n) is 16.2. The smallest absolute Gasteiger partial charge is 0.225 e. The van der Waals surface area contributed by atoms with Gasteiger partial charge in [0.25, 0.3) is 0 Å². The van der Waals surface area contributed by atoms with Crippen molar-refractivity contribution < 1.29 is 14.3 Å². The molecule has 3 aromatic heterocycles. The van der Waals surface area contributed by atoms with E-state index in [-0.39, 0.29) is 17.3 Å². The van der Waals surface area contributed by atoms with Crippen LogP contribution in [0.2, 0.25) is 0 Å². The second kappa shape index (κ2) is 9.00. The molecule has 0 bridgehead atoms. The van der Waals surface area contributed by atoms with Gasteiger partial charge in [0.2, 0.25) is 5.78 Å². The van der Waals surface area contributed by atoms with E-state index in [2.05, 4.69) is 32.3 Å². The first-order valence-electron chi connectivity index (χ1n) is 9.54. The summed E-state index contributed by atoms with van der Waals surface area (Å²) in [7, 11) is 0. The normalized spacial score (nSPS) is 11.5. The number of furan rings is 1. The number of carbonyl (C=O) groups excluding carboxylic acids is 1. The van der Waals surface area contributed by atoms with Crippen molar-refractivity contribution in [2.75, 3.05) is 0 Å². The summed E-state index contributed by atoms with van der Waals surface area (Å²) in [5.41, 5.74) is 3.01. The Labute approximate surface area is 173 Å². The number of benzene rings is 1. The number of aliphatic hydroxyl groups excluding tert-OH is 1. The minimum absolute atomic E-state index is 0.123. The first kappa shape index (κ1) is 19.3. The third kappa shape index (κ3) is 4.70. The van der Waals surface area contributed by atoms with E-state index >= 15 is 0 Å². The van der Waals surface area contributed by atoms with Gasteiger partial charge in [-0.15, -0.1) is 0 Å². The maximum atomic E-state index is 12.8. The molecule has 7 heteroatoms. The molecular weight excluding hydrogens is 380 g/mol. The Morgan fingerprint density at radius 1 is 1.07 bits per heavy atom. The molecule has 3 heterocycles. The number of aryl methyl sites for hydroxylation is 2. The van der Waals surface area contributed by atoms with Gasteiger partial charge in [-0.2, -0.15) is 5.10 Å². The van der Waals surface area contributed by atoms with Gasteiger partial charge >= 0.3 is 0 Å². The van der Waals surface area contributed by atoms with E-state index in [9.17, 15) is 9.90 Å². The number of allylic oxidation sites excluding steroid dienone is 1. The predicted molar refractivity (Wildman–Crippen MR) is 111 cm³/mol. The SMILES string of the molecule is O=C(C=C(O)c1ncn[nH]1)c1oc(Cc2ccncc2)cc1CCc1ccccc1. The summed E-state index contributed by atoms with van der Waals surface area (Å²) in [5.74, 6) is 0.311. The second-order valence-electron chi connectivity index (χ2n) is 6.81. The van der Waals surface area contributed by atoms with Crippen LogP contribution in [0.1, 0.15) is 38.8 Å². The third-order valence-electron chi connectivity index (χ3n) is 4.66. The monoisotopic (exact) mass is 400 g/mol. The Morgan fingerprint density at radius 3 is 2.60 bits per heavy atom. The summed E-state index contributed by atoms with van der Waals surface area (Å²) >= 11 is 0. The van der Waals surface area contributed by atoms with Crippen molar-refractivity contribution in [1.82, 2.24) is 20.2 Å². The molecule has 2 N–H and O–H groups in total. The lowest BCUT2D eigenvalue weighted by atomic mass is 10.0. The molecule has 0 atom stereocenters. The van der Waals surface area contributed by atoms with Crippen LogP contribution >= 0.6 is 0 Å². The molecule has 0 aliphatic carbocycles. The van der Waals surface area contributed by atoms with Crippen molar-refractivity contribution in [3.05, 3.63) is 107 Å². The highest BCUT2D eigenvalue weighted by Crippen LogP contribution is 2.22. The summed E-state index contributed by atoms with van der Waals surface area (Å²) in [6.45, 7) is 0. The van der Waals surface area contributed by atoms with E-state index in [4.69, 9.17) is 4.42 Å². The lowest BCUT2D eigenvalue weighted by Gasteiger charge is -2.01. The number of aliphatic hydroxyl groups is 1. The van der Waals surface area contributed by atoms with Crippen LogP contribution in [0.25, 0.3) is 5.76 Å². The Bertz CT molecular complexity index is 1130. The van der Waals surface area contributed by atoms with Crippen molar-refractivity contribution in [2.24, 2.45) is 0 Å². The van der Waals surface area contributed by atoms with Gasteiger partial charge in [-0.1, -0.05) is 30.3 Å². The number of ketones is 1. The minimum Gasteiger partial charge on any atom is -0.504 e. The average Bonchev–Trinajstić information content (AvgIpc) is 3.44. The van der Waals surface area contributed by atoms with Gasteiger partial charge in [0.05, 0.1) is 0 Å². The number of rotatable bonds is 8. The van der Waals surface area contributed by atoms with Crippen molar-refractivity contribution in [3.63, 3.8) is 0 Å². The molecule has 1 aromatic carbocycles. The molecule has 7 nitrogen and oxygen atoms in total. The molecule has 0 amide bonds. The van der Waals surface area contributed by atoms with Crippen molar-refractivity contribution >= 4 is 11.5 Å². The standard InChI is InChI=1S/C23H20N4O3/c28-20(14-21(29)23-25-15-26-27-23)22-18(7-6-16-4-2-1-3-5-16)13-19(30-22)12-17-8-10-24-11-9-17/h1-5,8-11,13-15,29H,6-7,12H2,(H,25,26,27). The fourth-order valence-corrected chi connectivity index (χ4v) is 3.18. The number of H-pyrrole nitrogens is 1. The number of hydrogen-bond donors (Lipinski definition) is 2. The van der Waals surface area contributed by atoms with Crippen LogP contribution in [-0.2, 0) is 19.3 Å². The Balaban J connectivity index is 1.60. The summed E-state index contributed by atoms with van der Waals surface area (Å²) in [4.78, 5) is 20.7. The molecule has 4 rings (SSSR count). The van der Waals surface area contributed by atoms with E-state index in [1.807, 2.05) is 36.4 Å². The maximum absolute atomic E-state index is 12.8. The Hall–Kier alpha value is -4.00. The van der Waals surface area contributed by atoms with Gasteiger partial charge in [-0.3, -0.25) is 14.9 Å². The van der Waals surface area contributed by atoms with Gasteiger partial charge in [0, 0.05) is 30.5 Å². The van der Waals surface area contributed by atoms with Crippen LogP contribution in [0, 0.1) is 0 Å². The van der Waals surface area contributed by atoms with Gasteiger partial charge in [0.15, 0.2) is 17.3 Å². The number of pyridine rings is 1. The average molecular weight is 400 g/mol. The molecule has 0 aliphatic rings. The number of aromatic amines is 1. The van der Waals surface area contributed by atoms with Gasteiger partial charge in [-0.05, 0) is 42.2 Å². The quantitative estimate of drug-likeness (QED) is 0.264. The molecular formula is C23H20N4O3. The maximum Gasteiger partial charge on any atom is 0.225 e. The lowest BCUT2D eigenvalue weighted by molar-refractivity contribution is 0.101. The molecule has 0 saturated heterocycles. The summed E-state index contributed by atoms with van der Waals surface area (Å²) in [6.07, 6.45) is 7.76. The summed E-state index contributed by atoms with van der Waals surface area (Å²) in [5, 5.41) is 16.3. The number of nitrogens with zero attached hydrogens (tertiary/aromatic N) is 3. The number of hydrogen-bond acceptors (Lipinski definition) is 6. The zero-order valence-corrected chi connectivity index (χ0v) is 16.2. The molecule has 0 saturated carbocycles. The zero-order chi connectivity index (χ0) is 20.8. The van der Waals surface area contributed by atoms with Crippen LogP contribution in [-0.4, -0.2) is 31.1 Å². The van der Waals surface area contributed by atoms with Crippen LogP contribution in [0.4, 0.5) is 0 Å². The van der Waals surface area contributed by atoms with Crippen LogP contribution in [0.5, 0.6) is 0 Å². The molecule has 30 heavy (non-hydrogen) atoms. The molecule has 0 radical (unpaired) electrons. The van der Waals surface area contributed by atoms with Gasteiger partial charge < -0.3 is 9.52 Å². The first-order chi connectivity index (χ1) is 14.7. The third-order valence-corrected chi connectivity index (χ3v) is 4.66. The van der Waals surface area contributed by atoms with Crippen LogP contribution in [0.3, 0.4) is 0 Å². The number of aromatic nitrogens is 4. The molecule has 0 unspecified atom stereocenters. The highest BCUT2D eigenvalue weighted by Gasteiger charge is 2.19. The Kier molecular flexibility index (Phi) is 5.80. The molecule has 0 aliphatic heterocycles. The second-order valence-corrected chi connectivity index (χ2v) is 6.81. The fraction of sp³-hybridized carbons (Fsp3) is 0.130. The topological polar surface area (TPSA) is 105 Å². The van der Waals surface area contributed by atoms with Crippen molar-refractivity contribution in [2.45, 2.75) is 19.3 Å². The fourth-order valence-electron chi connectivity index (χ4n) is 3.18. The Morgan fingerprint density at radius 2 is 1.87 bits per heavy atom. The lowest BCUT2D eigenvalue weighted by Crippen LogP contribution is -2.01. The summed E-state index contributed by atoms with van der Waals surface area (Å²) < 4.78 is 5.92. The minimum atomic E-state index is -0.423. The van der Waals surface area contributed by atoms with Gasteiger partial charge in [-0.25, -0.2) is 4.98 Å². The largest absolute Gasteiger partial charge is 0.504 e. The molecule has 0 fully saturated rings. The van der Waals surface area contributed by atoms with Crippen LogP contribution in [0.15, 0.2) is 77.7 Å². The van der Waals surface area contributed by atoms with E-state index in [1.165, 1.54) is 11.9 Å².